The van der Waals surface area contributed by atoms with Crippen LogP contribution in [0.4, 0.5) is 0 Å². The molecular weight excluding hydrogens is 246 g/mol. The summed E-state index contributed by atoms with van der Waals surface area (Å²) in [5.74, 6) is -0.0901. The van der Waals surface area contributed by atoms with Gasteiger partial charge in [-0.15, -0.1) is 0 Å². The fourth-order valence-corrected chi connectivity index (χ4v) is 4.73. The second-order valence-electron chi connectivity index (χ2n) is 4.78. The first-order chi connectivity index (χ1) is 7.74. The van der Waals surface area contributed by atoms with Crippen LogP contribution in [0.3, 0.4) is 0 Å². The molecule has 0 saturated carbocycles. The topological polar surface area (TPSA) is 98.8 Å². The Morgan fingerprint density at radius 3 is 2.29 bits per heavy atom. The van der Waals surface area contributed by atoms with Gasteiger partial charge in [0.2, 0.25) is 0 Å². The second-order valence-corrected chi connectivity index (χ2v) is 6.96. The Kier molecular flexibility index (Phi) is 4.20. The third-order valence-electron chi connectivity index (χ3n) is 3.74. The van der Waals surface area contributed by atoms with Crippen LogP contribution in [0.2, 0.25) is 0 Å². The molecule has 0 radical (unpaired) electrons. The number of rotatable bonds is 5. The van der Waals surface area contributed by atoms with Gasteiger partial charge in [0.1, 0.15) is 5.60 Å². The molecule has 0 aromatic carbocycles. The minimum atomic E-state index is -3.15. The molecule has 3 N–H and O–H groups in total. The van der Waals surface area contributed by atoms with Gasteiger partial charge in [-0.05, 0) is 13.3 Å². The summed E-state index contributed by atoms with van der Waals surface area (Å²) in [6, 6.07) is 0. The molecule has 1 rings (SSSR count). The van der Waals surface area contributed by atoms with Gasteiger partial charge in [0.25, 0.3) is 0 Å². The van der Waals surface area contributed by atoms with Crippen LogP contribution in [0, 0.1) is 5.41 Å². The van der Waals surface area contributed by atoms with Crippen molar-refractivity contribution >= 4 is 9.84 Å². The molecule has 1 aliphatic heterocycles. The molecule has 102 valence electrons. The molecule has 7 heteroatoms. The Morgan fingerprint density at radius 2 is 2.00 bits per heavy atom. The highest BCUT2D eigenvalue weighted by molar-refractivity contribution is 7.91. The largest absolute Gasteiger partial charge is 0.384 e. The van der Waals surface area contributed by atoms with Gasteiger partial charge in [-0.25, -0.2) is 8.42 Å². The monoisotopic (exact) mass is 267 g/mol. The Labute approximate surface area is 102 Å². The minimum absolute atomic E-state index is 0.0422. The molecule has 0 spiro atoms. The van der Waals surface area contributed by atoms with Crippen molar-refractivity contribution in [3.63, 3.8) is 0 Å². The minimum Gasteiger partial charge on any atom is -0.384 e. The smallest absolute Gasteiger partial charge is 0.185 e. The van der Waals surface area contributed by atoms with Crippen molar-refractivity contribution in [2.75, 3.05) is 32.3 Å². The summed E-state index contributed by atoms with van der Waals surface area (Å²) < 4.78 is 33.3. The van der Waals surface area contributed by atoms with Gasteiger partial charge in [-0.2, -0.15) is 0 Å². The third-order valence-corrected chi connectivity index (χ3v) is 5.56. The van der Waals surface area contributed by atoms with Crippen LogP contribution in [0.25, 0.3) is 0 Å². The SMILES string of the molecule is COC(OC)C(C)(O)C1(CN)CCS(=O)(=O)C1. The van der Waals surface area contributed by atoms with Crippen molar-refractivity contribution in [3.8, 4) is 0 Å². The van der Waals surface area contributed by atoms with E-state index < -0.39 is 27.1 Å². The van der Waals surface area contributed by atoms with E-state index in [1.807, 2.05) is 0 Å². The normalized spacial score (nSPS) is 31.6. The maximum atomic E-state index is 11.6. The summed E-state index contributed by atoms with van der Waals surface area (Å²) in [4.78, 5) is 0. The number of hydrogen-bond donors (Lipinski definition) is 2. The molecule has 0 amide bonds. The van der Waals surface area contributed by atoms with Crippen molar-refractivity contribution < 1.29 is 23.0 Å². The van der Waals surface area contributed by atoms with Gasteiger partial charge >= 0.3 is 0 Å². The van der Waals surface area contributed by atoms with Gasteiger partial charge in [-0.3, -0.25) is 0 Å². The Bertz CT molecular complexity index is 363. The summed E-state index contributed by atoms with van der Waals surface area (Å²) in [5.41, 5.74) is 3.32. The zero-order valence-corrected chi connectivity index (χ0v) is 11.3. The molecule has 1 aliphatic rings. The Hall–Kier alpha value is -0.210. The summed E-state index contributed by atoms with van der Waals surface area (Å²) in [6.45, 7) is 1.58. The Balaban J connectivity index is 3.09. The van der Waals surface area contributed by atoms with Crippen molar-refractivity contribution in [1.29, 1.82) is 0 Å². The van der Waals surface area contributed by atoms with Gasteiger partial charge in [0.05, 0.1) is 11.5 Å². The highest BCUT2D eigenvalue weighted by Crippen LogP contribution is 2.43. The third kappa shape index (κ3) is 2.48. The van der Waals surface area contributed by atoms with Gasteiger partial charge < -0.3 is 20.3 Å². The lowest BCUT2D eigenvalue weighted by atomic mass is 9.71. The fraction of sp³-hybridized carbons (Fsp3) is 1.00. The van der Waals surface area contributed by atoms with Crippen LogP contribution in [-0.4, -0.2) is 57.7 Å². The lowest BCUT2D eigenvalue weighted by Gasteiger charge is -2.44. The van der Waals surface area contributed by atoms with Crippen molar-refractivity contribution in [2.45, 2.75) is 25.2 Å². The highest BCUT2D eigenvalue weighted by Gasteiger charge is 2.57. The molecule has 1 heterocycles. The summed E-state index contributed by atoms with van der Waals surface area (Å²) in [5, 5.41) is 10.6. The average Bonchev–Trinajstić information content (AvgIpc) is 2.57. The maximum absolute atomic E-state index is 11.6. The van der Waals surface area contributed by atoms with Crippen LogP contribution in [0.15, 0.2) is 0 Å². The zero-order chi connectivity index (χ0) is 13.3. The first-order valence-corrected chi connectivity index (χ1v) is 7.25. The molecule has 2 unspecified atom stereocenters. The van der Waals surface area contributed by atoms with E-state index in [0.29, 0.717) is 6.42 Å². The van der Waals surface area contributed by atoms with Crippen molar-refractivity contribution in [3.05, 3.63) is 0 Å². The van der Waals surface area contributed by atoms with E-state index in [4.69, 9.17) is 15.2 Å². The summed E-state index contributed by atoms with van der Waals surface area (Å²) in [6.07, 6.45) is -0.582. The van der Waals surface area contributed by atoms with E-state index in [-0.39, 0.29) is 18.1 Å². The molecule has 2 atom stereocenters. The number of ether oxygens (including phenoxy) is 2. The predicted molar refractivity (Wildman–Crippen MR) is 63.2 cm³/mol. The zero-order valence-electron chi connectivity index (χ0n) is 10.5. The van der Waals surface area contributed by atoms with Crippen LogP contribution in [0.1, 0.15) is 13.3 Å². The maximum Gasteiger partial charge on any atom is 0.185 e. The van der Waals surface area contributed by atoms with E-state index in [9.17, 15) is 13.5 Å². The highest BCUT2D eigenvalue weighted by atomic mass is 32.2. The second kappa shape index (κ2) is 4.81. The summed E-state index contributed by atoms with van der Waals surface area (Å²) in [7, 11) is -0.352. The van der Waals surface area contributed by atoms with Crippen LogP contribution < -0.4 is 5.73 Å². The standard InChI is InChI=1S/C10H21NO5S/c1-9(12,8(15-2)16-3)10(6-11)4-5-17(13,14)7-10/h8,12H,4-7,11H2,1-3H3. The predicted octanol–water partition coefficient (Wildman–Crippen LogP) is -0.880. The first kappa shape index (κ1) is 14.8. The van der Waals surface area contributed by atoms with E-state index in [1.165, 1.54) is 21.1 Å². The molecule has 1 saturated heterocycles. The van der Waals surface area contributed by atoms with Crippen LogP contribution in [0.5, 0.6) is 0 Å². The number of sulfone groups is 1. The van der Waals surface area contributed by atoms with Crippen LogP contribution >= 0.6 is 0 Å². The van der Waals surface area contributed by atoms with Crippen molar-refractivity contribution in [2.24, 2.45) is 11.1 Å². The Morgan fingerprint density at radius 1 is 1.47 bits per heavy atom. The van der Waals surface area contributed by atoms with Gasteiger partial charge in [0, 0.05) is 26.2 Å². The molecule has 0 bridgehead atoms. The number of nitrogens with two attached hydrogens (primary N) is 1. The lowest BCUT2D eigenvalue weighted by Crippen LogP contribution is -2.59. The fourth-order valence-electron chi connectivity index (χ4n) is 2.49. The lowest BCUT2D eigenvalue weighted by molar-refractivity contribution is -0.245. The first-order valence-electron chi connectivity index (χ1n) is 5.43. The number of aliphatic hydroxyl groups is 1. The van der Waals surface area contributed by atoms with Crippen LogP contribution in [-0.2, 0) is 19.3 Å². The average molecular weight is 267 g/mol. The van der Waals surface area contributed by atoms with E-state index in [0.717, 1.165) is 0 Å². The number of methoxy groups -OCH3 is 2. The quantitative estimate of drug-likeness (QED) is 0.628. The van der Waals surface area contributed by atoms with E-state index in [2.05, 4.69) is 0 Å². The molecule has 1 fully saturated rings. The molecule has 0 aromatic heterocycles. The van der Waals surface area contributed by atoms with E-state index in [1.54, 1.807) is 0 Å². The van der Waals surface area contributed by atoms with Gasteiger partial charge in [0.15, 0.2) is 16.1 Å². The molecule has 0 aromatic rings. The molecule has 6 nitrogen and oxygen atoms in total. The van der Waals surface area contributed by atoms with E-state index >= 15 is 0 Å². The summed E-state index contributed by atoms with van der Waals surface area (Å²) >= 11 is 0. The molecule has 0 aliphatic carbocycles. The number of hydrogen-bond acceptors (Lipinski definition) is 6. The molecule has 17 heavy (non-hydrogen) atoms. The molecular formula is C10H21NO5S. The van der Waals surface area contributed by atoms with Gasteiger partial charge in [-0.1, -0.05) is 0 Å². The van der Waals surface area contributed by atoms with Crippen molar-refractivity contribution in [1.82, 2.24) is 0 Å².